The maximum absolute atomic E-state index is 5.75. The summed E-state index contributed by atoms with van der Waals surface area (Å²) >= 11 is 0. The Labute approximate surface area is 113 Å². The van der Waals surface area contributed by atoms with Gasteiger partial charge in [0.05, 0.1) is 5.69 Å². The number of aryl methyl sites for hydroxylation is 2. The average Bonchev–Trinajstić information content (AvgIpc) is 3.09. The highest BCUT2D eigenvalue weighted by Crippen LogP contribution is 2.48. The van der Waals surface area contributed by atoms with Crippen molar-refractivity contribution < 1.29 is 0 Å². The second-order valence-electron chi connectivity index (χ2n) is 5.55. The minimum absolute atomic E-state index is 0.284. The van der Waals surface area contributed by atoms with E-state index >= 15 is 0 Å². The van der Waals surface area contributed by atoms with Crippen molar-refractivity contribution in [2.45, 2.75) is 25.2 Å². The molecule has 1 saturated carbocycles. The molecule has 2 aromatic rings. The van der Waals surface area contributed by atoms with Gasteiger partial charge in [-0.1, -0.05) is 12.1 Å². The van der Waals surface area contributed by atoms with Gasteiger partial charge in [0.2, 0.25) is 0 Å². The van der Waals surface area contributed by atoms with E-state index in [-0.39, 0.29) is 5.41 Å². The van der Waals surface area contributed by atoms with Crippen LogP contribution in [-0.4, -0.2) is 16.3 Å². The number of aromatic nitrogens is 2. The molecule has 4 heteroatoms. The Morgan fingerprint density at radius 1 is 1.32 bits per heavy atom. The first-order valence-electron chi connectivity index (χ1n) is 6.70. The molecule has 1 fully saturated rings. The molecule has 1 aromatic heterocycles. The van der Waals surface area contributed by atoms with Crippen LogP contribution in [0, 0.1) is 6.92 Å². The largest absolute Gasteiger partial charge is 0.399 e. The normalized spacial score (nSPS) is 16.3. The van der Waals surface area contributed by atoms with E-state index in [4.69, 9.17) is 5.73 Å². The van der Waals surface area contributed by atoms with Crippen LogP contribution in [0.25, 0.3) is 0 Å². The van der Waals surface area contributed by atoms with Crippen LogP contribution in [-0.2, 0) is 12.5 Å². The van der Waals surface area contributed by atoms with E-state index in [1.807, 2.05) is 30.8 Å². The third-order valence-corrected chi connectivity index (χ3v) is 3.99. The molecular weight excluding hydrogens is 236 g/mol. The molecule has 4 nitrogen and oxygen atoms in total. The Kier molecular flexibility index (Phi) is 2.73. The number of nitrogens with two attached hydrogens (primary N) is 1. The molecule has 0 aliphatic heterocycles. The van der Waals surface area contributed by atoms with E-state index in [1.165, 1.54) is 18.4 Å². The fourth-order valence-corrected chi connectivity index (χ4v) is 2.59. The highest BCUT2D eigenvalue weighted by atomic mass is 15.3. The summed E-state index contributed by atoms with van der Waals surface area (Å²) in [5.41, 5.74) is 9.29. The van der Waals surface area contributed by atoms with Gasteiger partial charge in [0.1, 0.15) is 5.82 Å². The lowest BCUT2D eigenvalue weighted by atomic mass is 9.96. The van der Waals surface area contributed by atoms with Crippen LogP contribution in [0.1, 0.15) is 24.1 Å². The van der Waals surface area contributed by atoms with Gasteiger partial charge in [0.15, 0.2) is 0 Å². The van der Waals surface area contributed by atoms with Crippen molar-refractivity contribution in [2.24, 2.45) is 7.05 Å². The lowest BCUT2D eigenvalue weighted by Gasteiger charge is -2.17. The molecule has 1 heterocycles. The van der Waals surface area contributed by atoms with Crippen LogP contribution in [0.3, 0.4) is 0 Å². The van der Waals surface area contributed by atoms with Crippen molar-refractivity contribution in [3.63, 3.8) is 0 Å². The van der Waals surface area contributed by atoms with Crippen LogP contribution in [0.5, 0.6) is 0 Å². The Bertz CT molecular complexity index is 579. The van der Waals surface area contributed by atoms with Crippen molar-refractivity contribution in [3.05, 3.63) is 41.6 Å². The summed E-state index contributed by atoms with van der Waals surface area (Å²) in [4.78, 5) is 0. The van der Waals surface area contributed by atoms with Gasteiger partial charge in [0.25, 0.3) is 0 Å². The van der Waals surface area contributed by atoms with Crippen molar-refractivity contribution >= 4 is 11.5 Å². The Morgan fingerprint density at radius 3 is 2.53 bits per heavy atom. The highest BCUT2D eigenvalue weighted by molar-refractivity contribution is 5.45. The molecule has 0 atom stereocenters. The summed E-state index contributed by atoms with van der Waals surface area (Å²) in [5, 5.41) is 7.87. The maximum Gasteiger partial charge on any atom is 0.124 e. The van der Waals surface area contributed by atoms with Crippen molar-refractivity contribution in [3.8, 4) is 0 Å². The monoisotopic (exact) mass is 256 g/mol. The van der Waals surface area contributed by atoms with E-state index in [0.717, 1.165) is 23.7 Å². The number of nitrogen functional groups attached to an aromatic ring is 1. The Balaban J connectivity index is 1.72. The summed E-state index contributed by atoms with van der Waals surface area (Å²) in [6.45, 7) is 2.97. The van der Waals surface area contributed by atoms with Crippen molar-refractivity contribution in [1.29, 1.82) is 0 Å². The fourth-order valence-electron chi connectivity index (χ4n) is 2.59. The van der Waals surface area contributed by atoms with Crippen LogP contribution >= 0.6 is 0 Å². The molecule has 1 aliphatic rings. The standard InChI is InChI=1S/C15H20N4/c1-11-9-14(19(2)18-11)17-10-15(7-8-15)12-3-5-13(16)6-4-12/h3-6,9,17H,7-8,10,16H2,1-2H3. The number of nitrogens with zero attached hydrogens (tertiary/aromatic N) is 2. The van der Waals surface area contributed by atoms with Gasteiger partial charge in [-0.15, -0.1) is 0 Å². The fraction of sp³-hybridized carbons (Fsp3) is 0.400. The zero-order valence-corrected chi connectivity index (χ0v) is 11.5. The minimum atomic E-state index is 0.284. The molecule has 3 N–H and O–H groups in total. The molecule has 1 aromatic carbocycles. The van der Waals surface area contributed by atoms with Crippen LogP contribution in [0.4, 0.5) is 11.5 Å². The van der Waals surface area contributed by atoms with Crippen LogP contribution in [0.2, 0.25) is 0 Å². The lowest BCUT2D eigenvalue weighted by molar-refractivity contribution is 0.708. The van der Waals surface area contributed by atoms with Gasteiger partial charge in [0, 0.05) is 30.8 Å². The first kappa shape index (κ1) is 12.1. The van der Waals surface area contributed by atoms with Gasteiger partial charge in [-0.2, -0.15) is 5.10 Å². The Morgan fingerprint density at radius 2 is 2.00 bits per heavy atom. The number of benzene rings is 1. The summed E-state index contributed by atoms with van der Waals surface area (Å²) in [5.74, 6) is 1.08. The van der Waals surface area contributed by atoms with Gasteiger partial charge in [-0.25, -0.2) is 0 Å². The SMILES string of the molecule is Cc1cc(NCC2(c3ccc(N)cc3)CC2)n(C)n1. The summed E-state index contributed by atoms with van der Waals surface area (Å²) < 4.78 is 1.90. The molecule has 100 valence electrons. The first-order chi connectivity index (χ1) is 9.09. The summed E-state index contributed by atoms with van der Waals surface area (Å²) in [6.07, 6.45) is 2.47. The Hall–Kier alpha value is -1.97. The molecule has 19 heavy (non-hydrogen) atoms. The van der Waals surface area contributed by atoms with Crippen molar-refractivity contribution in [1.82, 2.24) is 9.78 Å². The lowest BCUT2D eigenvalue weighted by Crippen LogP contribution is -2.20. The highest BCUT2D eigenvalue weighted by Gasteiger charge is 2.44. The van der Waals surface area contributed by atoms with Gasteiger partial charge >= 0.3 is 0 Å². The van der Waals surface area contributed by atoms with E-state index in [0.29, 0.717) is 0 Å². The number of rotatable bonds is 4. The predicted molar refractivity (Wildman–Crippen MR) is 78.2 cm³/mol. The zero-order chi connectivity index (χ0) is 13.5. The van der Waals surface area contributed by atoms with Crippen LogP contribution in [0.15, 0.2) is 30.3 Å². The molecule has 3 rings (SSSR count). The molecule has 1 aliphatic carbocycles. The average molecular weight is 256 g/mol. The smallest absolute Gasteiger partial charge is 0.124 e. The molecule has 0 amide bonds. The number of nitrogens with one attached hydrogen (secondary N) is 1. The molecule has 0 radical (unpaired) electrons. The number of hydrogen-bond acceptors (Lipinski definition) is 3. The molecular formula is C15H20N4. The quantitative estimate of drug-likeness (QED) is 0.826. The van der Waals surface area contributed by atoms with Gasteiger partial charge in [-0.05, 0) is 37.5 Å². The molecule has 0 unspecified atom stereocenters. The maximum atomic E-state index is 5.75. The second kappa shape index (κ2) is 4.30. The van der Waals surface area contributed by atoms with Crippen molar-refractivity contribution in [2.75, 3.05) is 17.6 Å². The van der Waals surface area contributed by atoms with Gasteiger partial charge < -0.3 is 11.1 Å². The van der Waals surface area contributed by atoms with Gasteiger partial charge in [-0.3, -0.25) is 4.68 Å². The summed E-state index contributed by atoms with van der Waals surface area (Å²) in [7, 11) is 1.97. The second-order valence-corrected chi connectivity index (χ2v) is 5.55. The minimum Gasteiger partial charge on any atom is -0.399 e. The van der Waals surface area contributed by atoms with E-state index in [2.05, 4.69) is 28.6 Å². The third kappa shape index (κ3) is 2.30. The van der Waals surface area contributed by atoms with E-state index in [9.17, 15) is 0 Å². The van der Waals surface area contributed by atoms with E-state index in [1.54, 1.807) is 0 Å². The molecule has 0 bridgehead atoms. The topological polar surface area (TPSA) is 55.9 Å². The molecule has 0 saturated heterocycles. The third-order valence-electron chi connectivity index (χ3n) is 3.99. The van der Waals surface area contributed by atoms with E-state index < -0.39 is 0 Å². The number of anilines is 2. The first-order valence-corrected chi connectivity index (χ1v) is 6.70. The molecule has 0 spiro atoms. The number of hydrogen-bond donors (Lipinski definition) is 2. The predicted octanol–water partition coefficient (Wildman–Crippen LogP) is 2.45. The zero-order valence-electron chi connectivity index (χ0n) is 11.5. The summed E-state index contributed by atoms with van der Waals surface area (Å²) in [6, 6.07) is 10.4. The van der Waals surface area contributed by atoms with Crippen LogP contribution < -0.4 is 11.1 Å².